The number of rotatable bonds is 71. The van der Waals surface area contributed by atoms with Crippen molar-refractivity contribution in [1.29, 1.82) is 0 Å². The molecule has 0 aromatic carbocycles. The first-order chi connectivity index (χ1) is 46.6. The van der Waals surface area contributed by atoms with Crippen LogP contribution in [0.25, 0.3) is 0 Å². The van der Waals surface area contributed by atoms with E-state index < -0.39 is 86.8 Å². The standard InChI is InChI=1S/C81H157NO13/c1-3-5-7-9-11-13-15-17-19-21-23-25-27-29-31-33-35-37-39-41-43-45-47-49-51-53-55-57-59-61-63-65-73(86)82-69(68-92-80-78(91)76(89)79(72(67-84)94-80)95-81-77(90)75(88)74(87)71(66-83)93-81)70(85)64-62-60-58-56-54-52-50-48-46-44-42-40-38-36-34-32-30-28-26-24-22-20-18-16-14-12-10-8-6-4-2/h62,64,69-72,74-81,83-85,87-91H,3-61,63,65-68H2,1-2H3,(H,82,86)/b64-62+. The topological polar surface area (TPSA) is 228 Å². The van der Waals surface area contributed by atoms with Crippen molar-refractivity contribution in [3.8, 4) is 0 Å². The summed E-state index contributed by atoms with van der Waals surface area (Å²) in [6.07, 6.45) is 67.4. The molecule has 2 saturated heterocycles. The zero-order valence-electron chi connectivity index (χ0n) is 62.0. The number of hydrogen-bond donors (Lipinski definition) is 9. The van der Waals surface area contributed by atoms with Crippen molar-refractivity contribution in [2.24, 2.45) is 0 Å². The molecule has 14 heteroatoms. The summed E-state index contributed by atoms with van der Waals surface area (Å²) in [7, 11) is 0. The molecule has 0 spiro atoms. The summed E-state index contributed by atoms with van der Waals surface area (Å²) in [5, 5.41) is 87.7. The average molecular weight is 1350 g/mol. The van der Waals surface area contributed by atoms with Gasteiger partial charge in [0.05, 0.1) is 32.0 Å². The normalized spacial score (nSPS) is 22.3. The van der Waals surface area contributed by atoms with Crippen LogP contribution in [0.5, 0.6) is 0 Å². The first kappa shape index (κ1) is 89.8. The fraction of sp³-hybridized carbons (Fsp3) is 0.963. The number of carbonyl (C=O) groups is 1. The lowest BCUT2D eigenvalue weighted by molar-refractivity contribution is -0.359. The Bertz CT molecular complexity index is 1640. The highest BCUT2D eigenvalue weighted by Crippen LogP contribution is 2.30. The first-order valence-electron chi connectivity index (χ1n) is 41.4. The van der Waals surface area contributed by atoms with Gasteiger partial charge in [0, 0.05) is 6.42 Å². The Balaban J connectivity index is 1.60. The van der Waals surface area contributed by atoms with E-state index in [0.29, 0.717) is 0 Å². The minimum absolute atomic E-state index is 0.228. The molecule has 2 aliphatic heterocycles. The molecule has 2 fully saturated rings. The van der Waals surface area contributed by atoms with Crippen LogP contribution in [-0.4, -0.2) is 140 Å². The molecule has 0 saturated carbocycles. The summed E-state index contributed by atoms with van der Waals surface area (Å²) in [6, 6.07) is -0.913. The van der Waals surface area contributed by atoms with Gasteiger partial charge in [-0.2, -0.15) is 0 Å². The van der Waals surface area contributed by atoms with Gasteiger partial charge >= 0.3 is 0 Å². The van der Waals surface area contributed by atoms with Gasteiger partial charge in [0.1, 0.15) is 48.8 Å². The Morgan fingerprint density at radius 2 is 0.653 bits per heavy atom. The van der Waals surface area contributed by atoms with Crippen LogP contribution in [0.2, 0.25) is 0 Å². The van der Waals surface area contributed by atoms with Crippen molar-refractivity contribution in [2.45, 2.75) is 479 Å². The Kier molecular flexibility index (Phi) is 62.4. The smallest absolute Gasteiger partial charge is 0.220 e. The molecule has 2 rings (SSSR count). The van der Waals surface area contributed by atoms with Crippen LogP contribution in [0.3, 0.4) is 0 Å². The first-order valence-corrected chi connectivity index (χ1v) is 41.4. The summed E-state index contributed by atoms with van der Waals surface area (Å²) >= 11 is 0. The van der Waals surface area contributed by atoms with Gasteiger partial charge in [0.25, 0.3) is 0 Å². The second kappa shape index (κ2) is 66.0. The van der Waals surface area contributed by atoms with E-state index >= 15 is 0 Å². The van der Waals surface area contributed by atoms with E-state index in [4.69, 9.17) is 18.9 Å². The molecule has 564 valence electrons. The molecule has 95 heavy (non-hydrogen) atoms. The fourth-order valence-electron chi connectivity index (χ4n) is 14.2. The Morgan fingerprint density at radius 3 is 0.968 bits per heavy atom. The minimum atomic E-state index is -1.79. The molecule has 0 aromatic rings. The van der Waals surface area contributed by atoms with Gasteiger partial charge in [-0.15, -0.1) is 0 Å². The largest absolute Gasteiger partial charge is 0.394 e. The number of aliphatic hydroxyl groups excluding tert-OH is 8. The van der Waals surface area contributed by atoms with Crippen LogP contribution in [0.15, 0.2) is 12.2 Å². The minimum Gasteiger partial charge on any atom is -0.394 e. The van der Waals surface area contributed by atoms with Crippen molar-refractivity contribution >= 4 is 5.91 Å². The average Bonchev–Trinajstić information content (AvgIpc) is 0.801. The van der Waals surface area contributed by atoms with Crippen LogP contribution in [0, 0.1) is 0 Å². The second-order valence-corrected chi connectivity index (χ2v) is 29.6. The number of allylic oxidation sites excluding steroid dienone is 1. The van der Waals surface area contributed by atoms with Gasteiger partial charge in [-0.1, -0.05) is 392 Å². The maximum atomic E-state index is 13.4. The zero-order chi connectivity index (χ0) is 68.7. The monoisotopic (exact) mass is 1350 g/mol. The number of nitrogens with one attached hydrogen (secondary N) is 1. The third-order valence-electron chi connectivity index (χ3n) is 20.7. The maximum absolute atomic E-state index is 13.4. The van der Waals surface area contributed by atoms with Crippen LogP contribution in [0.1, 0.15) is 406 Å². The Hall–Kier alpha value is -1.27. The summed E-state index contributed by atoms with van der Waals surface area (Å²) in [5.41, 5.74) is 0. The van der Waals surface area contributed by atoms with Gasteiger partial charge < -0.3 is 65.1 Å². The number of hydrogen-bond acceptors (Lipinski definition) is 13. The second-order valence-electron chi connectivity index (χ2n) is 29.6. The number of unbranched alkanes of at least 4 members (excludes halogenated alkanes) is 58. The maximum Gasteiger partial charge on any atom is 0.220 e. The van der Waals surface area contributed by atoms with Crippen molar-refractivity contribution in [3.63, 3.8) is 0 Å². The van der Waals surface area contributed by atoms with Crippen LogP contribution < -0.4 is 5.32 Å². The molecule has 12 atom stereocenters. The van der Waals surface area contributed by atoms with Gasteiger partial charge in [0.15, 0.2) is 12.6 Å². The molecule has 0 aliphatic carbocycles. The van der Waals surface area contributed by atoms with Crippen molar-refractivity contribution in [2.75, 3.05) is 19.8 Å². The molecule has 12 unspecified atom stereocenters. The van der Waals surface area contributed by atoms with Crippen LogP contribution in [0.4, 0.5) is 0 Å². The molecule has 1 amide bonds. The summed E-state index contributed by atoms with van der Waals surface area (Å²) in [4.78, 5) is 13.4. The molecule has 2 heterocycles. The fourth-order valence-corrected chi connectivity index (χ4v) is 14.2. The third kappa shape index (κ3) is 49.1. The van der Waals surface area contributed by atoms with Crippen molar-refractivity contribution in [3.05, 3.63) is 12.2 Å². The molecule has 0 aromatic heterocycles. The van der Waals surface area contributed by atoms with Crippen LogP contribution in [-0.2, 0) is 23.7 Å². The summed E-state index contributed by atoms with van der Waals surface area (Å²) in [5.74, 6) is -0.228. The van der Waals surface area contributed by atoms with E-state index in [9.17, 15) is 45.6 Å². The van der Waals surface area contributed by atoms with Crippen LogP contribution >= 0.6 is 0 Å². The molecular weight excluding hydrogens is 1190 g/mol. The Labute approximate surface area is 584 Å². The SMILES string of the molecule is CCCCCCCCCCCCCCCCCCCCCCCCCCCCCC/C=C/C(O)C(COC1OC(CO)C(OC2OC(CO)C(O)C(O)C2O)C(O)C1O)NC(=O)CCCCCCCCCCCCCCCCCCCCCCCCCCCCCCCCC. The highest BCUT2D eigenvalue weighted by molar-refractivity contribution is 5.76. The molecule has 2 aliphatic rings. The summed E-state index contributed by atoms with van der Waals surface area (Å²) < 4.78 is 22.9. The zero-order valence-corrected chi connectivity index (χ0v) is 62.0. The van der Waals surface area contributed by atoms with E-state index in [0.717, 1.165) is 44.9 Å². The number of aliphatic hydroxyl groups is 8. The number of carbonyl (C=O) groups excluding carboxylic acids is 1. The highest BCUT2D eigenvalue weighted by Gasteiger charge is 2.51. The molecule has 14 nitrogen and oxygen atoms in total. The predicted octanol–water partition coefficient (Wildman–Crippen LogP) is 18.9. The van der Waals surface area contributed by atoms with E-state index in [1.807, 2.05) is 6.08 Å². The predicted molar refractivity (Wildman–Crippen MR) is 392 cm³/mol. The number of amides is 1. The summed E-state index contributed by atoms with van der Waals surface area (Å²) in [6.45, 7) is 2.88. The van der Waals surface area contributed by atoms with E-state index in [1.54, 1.807) is 6.08 Å². The van der Waals surface area contributed by atoms with Crippen molar-refractivity contribution in [1.82, 2.24) is 5.32 Å². The molecule has 9 N–H and O–H groups in total. The molecule has 0 bridgehead atoms. The lowest BCUT2D eigenvalue weighted by Gasteiger charge is -2.46. The van der Waals surface area contributed by atoms with Gasteiger partial charge in [-0.3, -0.25) is 4.79 Å². The number of ether oxygens (including phenoxy) is 4. The van der Waals surface area contributed by atoms with E-state index in [2.05, 4.69) is 19.2 Å². The van der Waals surface area contributed by atoms with E-state index in [-0.39, 0.29) is 18.9 Å². The highest BCUT2D eigenvalue weighted by atomic mass is 16.7. The van der Waals surface area contributed by atoms with E-state index in [1.165, 1.54) is 340 Å². The van der Waals surface area contributed by atoms with Gasteiger partial charge in [-0.05, 0) is 19.3 Å². The van der Waals surface area contributed by atoms with Gasteiger partial charge in [-0.25, -0.2) is 0 Å². The molecular formula is C81H157NO13. The van der Waals surface area contributed by atoms with Crippen molar-refractivity contribution < 1.29 is 64.6 Å². The molecule has 0 radical (unpaired) electrons. The quantitative estimate of drug-likeness (QED) is 0.0204. The lowest BCUT2D eigenvalue weighted by atomic mass is 9.97. The lowest BCUT2D eigenvalue weighted by Crippen LogP contribution is -2.65. The Morgan fingerprint density at radius 1 is 0.368 bits per heavy atom. The van der Waals surface area contributed by atoms with Gasteiger partial charge in [0.2, 0.25) is 5.91 Å². The third-order valence-corrected chi connectivity index (χ3v) is 20.7.